The third-order valence-electron chi connectivity index (χ3n) is 5.81. The number of aromatic nitrogens is 1. The zero-order valence-electron chi connectivity index (χ0n) is 17.3. The fourth-order valence-electron chi connectivity index (χ4n) is 4.33. The van der Waals surface area contributed by atoms with Gasteiger partial charge in [0.25, 0.3) is 0 Å². The summed E-state index contributed by atoms with van der Waals surface area (Å²) in [7, 11) is 1.65. The molecule has 0 amide bonds. The Labute approximate surface area is 186 Å². The van der Waals surface area contributed by atoms with Crippen LogP contribution < -0.4 is 14.8 Å². The Morgan fingerprint density at radius 1 is 1.33 bits per heavy atom. The Kier molecular flexibility index (Phi) is 8.38. The fourth-order valence-corrected chi connectivity index (χ4v) is 4.33. The van der Waals surface area contributed by atoms with Crippen LogP contribution in [-0.4, -0.2) is 43.2 Å². The molecule has 1 fully saturated rings. The summed E-state index contributed by atoms with van der Waals surface area (Å²) in [6, 6.07) is 7.61. The maximum Gasteiger partial charge on any atom is 0.213 e. The van der Waals surface area contributed by atoms with Crippen LogP contribution in [0.5, 0.6) is 11.6 Å². The molecule has 1 aromatic heterocycles. The van der Waals surface area contributed by atoms with Crippen LogP contribution in [0, 0.1) is 18.7 Å². The summed E-state index contributed by atoms with van der Waals surface area (Å²) in [5.74, 6) is 1.81. The van der Waals surface area contributed by atoms with Gasteiger partial charge < -0.3 is 14.8 Å². The third kappa shape index (κ3) is 5.19. The molecule has 3 heterocycles. The first kappa shape index (κ1) is 24.3. The van der Waals surface area contributed by atoms with Gasteiger partial charge in [-0.3, -0.25) is 4.90 Å². The molecule has 2 aromatic rings. The number of anilines is 1. The largest absolute Gasteiger partial charge is 0.490 e. The van der Waals surface area contributed by atoms with Gasteiger partial charge in [0.15, 0.2) is 0 Å². The standard InChI is InChI=1S/C22H28FN3O2.CH4.H2S/c1-14-8-17(10-22(25-14)27-3)9-16-4-6-26(13-16)15(2)18-11-21-20(12-19(18)23)24-5-7-28-21;;/h8,10-12,15-16,24H,4-7,9,13H2,1-3H3;1H4;1H2/t15-,16-;;/m1../s1. The highest BCUT2D eigenvalue weighted by Gasteiger charge is 2.29. The number of fused-ring (bicyclic) bond motifs is 1. The molecule has 30 heavy (non-hydrogen) atoms. The molecule has 1 N–H and O–H groups in total. The number of hydrogen-bond donors (Lipinski definition) is 1. The Hall–Kier alpha value is -1.99. The number of benzene rings is 1. The van der Waals surface area contributed by atoms with E-state index in [4.69, 9.17) is 9.47 Å². The monoisotopic (exact) mass is 435 g/mol. The van der Waals surface area contributed by atoms with E-state index >= 15 is 0 Å². The molecule has 5 nitrogen and oxygen atoms in total. The van der Waals surface area contributed by atoms with Crippen molar-refractivity contribution in [2.24, 2.45) is 5.92 Å². The van der Waals surface area contributed by atoms with Crippen molar-refractivity contribution in [3.63, 3.8) is 0 Å². The lowest BCUT2D eigenvalue weighted by Crippen LogP contribution is -2.26. The second-order valence-corrected chi connectivity index (χ2v) is 7.83. The van der Waals surface area contributed by atoms with Gasteiger partial charge in [0.2, 0.25) is 5.88 Å². The Bertz CT molecular complexity index is 865. The van der Waals surface area contributed by atoms with Gasteiger partial charge in [-0.1, -0.05) is 7.43 Å². The van der Waals surface area contributed by atoms with Gasteiger partial charge in [-0.2, -0.15) is 13.5 Å². The maximum absolute atomic E-state index is 14.7. The topological polar surface area (TPSA) is 46.6 Å². The minimum Gasteiger partial charge on any atom is -0.490 e. The number of methoxy groups -OCH3 is 1. The first-order valence-corrected chi connectivity index (χ1v) is 9.99. The second-order valence-electron chi connectivity index (χ2n) is 7.83. The highest BCUT2D eigenvalue weighted by molar-refractivity contribution is 7.59. The van der Waals surface area contributed by atoms with E-state index in [2.05, 4.69) is 28.2 Å². The maximum atomic E-state index is 14.7. The first-order chi connectivity index (χ1) is 13.5. The molecule has 166 valence electrons. The van der Waals surface area contributed by atoms with Crippen molar-refractivity contribution in [2.75, 3.05) is 38.7 Å². The number of aryl methyl sites for hydroxylation is 1. The molecule has 0 aliphatic carbocycles. The van der Waals surface area contributed by atoms with E-state index in [0.717, 1.165) is 43.1 Å². The van der Waals surface area contributed by atoms with E-state index in [1.807, 2.05) is 19.1 Å². The van der Waals surface area contributed by atoms with Gasteiger partial charge in [0.1, 0.15) is 18.2 Å². The summed E-state index contributed by atoms with van der Waals surface area (Å²) >= 11 is 0. The number of hydrogen-bond acceptors (Lipinski definition) is 5. The third-order valence-corrected chi connectivity index (χ3v) is 5.81. The predicted octanol–water partition coefficient (Wildman–Crippen LogP) is 4.72. The quantitative estimate of drug-likeness (QED) is 0.737. The number of nitrogens with one attached hydrogen (secondary N) is 1. The molecular weight excluding hydrogens is 401 g/mol. The number of halogens is 1. The van der Waals surface area contributed by atoms with Crippen LogP contribution in [-0.2, 0) is 6.42 Å². The summed E-state index contributed by atoms with van der Waals surface area (Å²) in [5.41, 5.74) is 3.69. The number of rotatable bonds is 5. The van der Waals surface area contributed by atoms with E-state index < -0.39 is 0 Å². The molecule has 2 atom stereocenters. The SMILES string of the molecule is C.COc1cc(C[C@H]2CCN([C@H](C)c3cc4c(cc3F)NCCO4)C2)cc(C)n1.S. The van der Waals surface area contributed by atoms with E-state index in [0.29, 0.717) is 30.5 Å². The minimum atomic E-state index is -0.165. The Balaban J connectivity index is 0.00000160. The average Bonchev–Trinajstić information content (AvgIpc) is 3.14. The number of nitrogens with zero attached hydrogens (tertiary/aromatic N) is 2. The van der Waals surface area contributed by atoms with Gasteiger partial charge in [0.05, 0.1) is 12.8 Å². The van der Waals surface area contributed by atoms with E-state index in [1.54, 1.807) is 13.2 Å². The van der Waals surface area contributed by atoms with E-state index in [9.17, 15) is 4.39 Å². The van der Waals surface area contributed by atoms with Crippen molar-refractivity contribution in [1.29, 1.82) is 0 Å². The average molecular weight is 436 g/mol. The van der Waals surface area contributed by atoms with Crippen LogP contribution in [0.1, 0.15) is 43.6 Å². The molecule has 0 bridgehead atoms. The summed E-state index contributed by atoms with van der Waals surface area (Å²) in [6.07, 6.45) is 2.10. The highest BCUT2D eigenvalue weighted by atomic mass is 32.1. The Morgan fingerprint density at radius 2 is 2.13 bits per heavy atom. The van der Waals surface area contributed by atoms with Crippen molar-refractivity contribution in [3.8, 4) is 11.6 Å². The van der Waals surface area contributed by atoms with Crippen molar-refractivity contribution in [1.82, 2.24) is 9.88 Å². The van der Waals surface area contributed by atoms with Gasteiger partial charge in [-0.15, -0.1) is 0 Å². The zero-order valence-corrected chi connectivity index (χ0v) is 18.3. The molecule has 0 unspecified atom stereocenters. The van der Waals surface area contributed by atoms with Gasteiger partial charge in [-0.05, 0) is 56.8 Å². The molecule has 2 aliphatic heterocycles. The lowest BCUT2D eigenvalue weighted by atomic mass is 9.98. The lowest BCUT2D eigenvalue weighted by molar-refractivity contribution is 0.246. The molecular formula is C23H34FN3O2S. The molecule has 1 aromatic carbocycles. The lowest BCUT2D eigenvalue weighted by Gasteiger charge is -2.27. The molecule has 2 aliphatic rings. The second kappa shape index (κ2) is 10.4. The van der Waals surface area contributed by atoms with Crippen molar-refractivity contribution < 1.29 is 13.9 Å². The van der Waals surface area contributed by atoms with Crippen LogP contribution >= 0.6 is 13.5 Å². The van der Waals surface area contributed by atoms with Crippen LogP contribution in [0.15, 0.2) is 24.3 Å². The first-order valence-electron chi connectivity index (χ1n) is 9.99. The smallest absolute Gasteiger partial charge is 0.213 e. The molecule has 4 rings (SSSR count). The molecule has 1 saturated heterocycles. The number of pyridine rings is 1. The number of likely N-dealkylation sites (tertiary alicyclic amines) is 1. The summed E-state index contributed by atoms with van der Waals surface area (Å²) in [6.45, 7) is 7.35. The summed E-state index contributed by atoms with van der Waals surface area (Å²) in [4.78, 5) is 6.74. The summed E-state index contributed by atoms with van der Waals surface area (Å²) < 4.78 is 25.7. The van der Waals surface area contributed by atoms with Crippen LogP contribution in [0.3, 0.4) is 0 Å². The summed E-state index contributed by atoms with van der Waals surface area (Å²) in [5, 5.41) is 3.19. The molecule has 0 spiro atoms. The molecule has 7 heteroatoms. The Morgan fingerprint density at radius 3 is 2.90 bits per heavy atom. The van der Waals surface area contributed by atoms with E-state index in [-0.39, 0.29) is 32.8 Å². The van der Waals surface area contributed by atoms with Crippen LogP contribution in [0.4, 0.5) is 10.1 Å². The predicted molar refractivity (Wildman–Crippen MR) is 125 cm³/mol. The zero-order chi connectivity index (χ0) is 19.7. The van der Waals surface area contributed by atoms with Crippen molar-refractivity contribution >= 4 is 19.2 Å². The normalized spacial score (nSPS) is 18.9. The van der Waals surface area contributed by atoms with Crippen molar-refractivity contribution in [3.05, 3.63) is 46.9 Å². The number of ether oxygens (including phenoxy) is 2. The van der Waals surface area contributed by atoms with Crippen LogP contribution in [0.2, 0.25) is 0 Å². The van der Waals surface area contributed by atoms with Gasteiger partial charge >= 0.3 is 0 Å². The van der Waals surface area contributed by atoms with Gasteiger partial charge in [-0.25, -0.2) is 9.37 Å². The minimum absolute atomic E-state index is 0. The highest BCUT2D eigenvalue weighted by Crippen LogP contribution is 2.36. The molecule has 0 radical (unpaired) electrons. The van der Waals surface area contributed by atoms with Crippen molar-refractivity contribution in [2.45, 2.75) is 40.2 Å². The van der Waals surface area contributed by atoms with E-state index in [1.165, 1.54) is 5.56 Å². The molecule has 0 saturated carbocycles. The van der Waals surface area contributed by atoms with Crippen LogP contribution in [0.25, 0.3) is 0 Å². The fraction of sp³-hybridized carbons (Fsp3) is 0.522. The van der Waals surface area contributed by atoms with Gasteiger partial charge in [0, 0.05) is 42.5 Å².